The van der Waals surface area contributed by atoms with Crippen LogP contribution in [0.5, 0.6) is 0 Å². The van der Waals surface area contributed by atoms with Crippen molar-refractivity contribution in [1.29, 1.82) is 0 Å². The average molecular weight is 444 g/mol. The molecule has 0 aliphatic rings. The first-order valence-corrected chi connectivity index (χ1v) is 10.6. The average Bonchev–Trinajstić information content (AvgIpc) is 2.75. The lowest BCUT2D eigenvalue weighted by Gasteiger charge is -2.09. The van der Waals surface area contributed by atoms with Gasteiger partial charge in [0.2, 0.25) is 10.0 Å². The maximum Gasteiger partial charge on any atom is 0.255 e. The van der Waals surface area contributed by atoms with E-state index in [4.69, 9.17) is 0 Å². The standard InChI is InChI=1S/C22H18F2N2O4S/c1-14(27)16-6-9-19(10-7-16)31(29,30)25-13-15-2-4-17(5-3-15)22(28)26-18-8-11-20(23)21(24)12-18/h2-12,25H,13H2,1H3,(H,26,28). The summed E-state index contributed by atoms with van der Waals surface area (Å²) in [6.07, 6.45) is 0. The van der Waals surface area contributed by atoms with Crippen molar-refractivity contribution in [3.63, 3.8) is 0 Å². The second-order valence-electron chi connectivity index (χ2n) is 6.69. The fourth-order valence-corrected chi connectivity index (χ4v) is 3.70. The molecule has 3 aromatic rings. The molecule has 0 fully saturated rings. The molecular formula is C22H18F2N2O4S. The fourth-order valence-electron chi connectivity index (χ4n) is 2.68. The lowest BCUT2D eigenvalue weighted by atomic mass is 10.1. The molecule has 0 saturated heterocycles. The minimum absolute atomic E-state index is 0.0120. The van der Waals surface area contributed by atoms with Crippen molar-refractivity contribution < 1.29 is 26.8 Å². The van der Waals surface area contributed by atoms with E-state index >= 15 is 0 Å². The van der Waals surface area contributed by atoms with E-state index in [1.54, 1.807) is 12.1 Å². The van der Waals surface area contributed by atoms with Crippen LogP contribution in [0.4, 0.5) is 14.5 Å². The molecule has 0 aliphatic heterocycles. The summed E-state index contributed by atoms with van der Waals surface area (Å²) < 4.78 is 53.5. The molecule has 0 unspecified atom stereocenters. The largest absolute Gasteiger partial charge is 0.322 e. The lowest BCUT2D eigenvalue weighted by Crippen LogP contribution is -2.23. The normalized spacial score (nSPS) is 11.2. The molecule has 3 aromatic carbocycles. The van der Waals surface area contributed by atoms with Crippen LogP contribution in [-0.4, -0.2) is 20.1 Å². The number of hydrogen-bond donors (Lipinski definition) is 2. The van der Waals surface area contributed by atoms with E-state index in [1.807, 2.05) is 0 Å². The van der Waals surface area contributed by atoms with Gasteiger partial charge in [-0.3, -0.25) is 9.59 Å². The molecule has 0 aromatic heterocycles. The highest BCUT2D eigenvalue weighted by Crippen LogP contribution is 2.15. The maximum atomic E-state index is 13.2. The second kappa shape index (κ2) is 9.15. The number of benzene rings is 3. The van der Waals surface area contributed by atoms with Crippen molar-refractivity contribution in [2.45, 2.75) is 18.4 Å². The quantitative estimate of drug-likeness (QED) is 0.541. The van der Waals surface area contributed by atoms with Crippen molar-refractivity contribution >= 4 is 27.4 Å². The van der Waals surface area contributed by atoms with Crippen LogP contribution in [0.1, 0.15) is 33.2 Å². The van der Waals surface area contributed by atoms with E-state index in [2.05, 4.69) is 10.0 Å². The number of carbonyl (C=O) groups excluding carboxylic acids is 2. The number of ketones is 1. The van der Waals surface area contributed by atoms with Gasteiger partial charge in [0.15, 0.2) is 17.4 Å². The van der Waals surface area contributed by atoms with Crippen LogP contribution in [0.15, 0.2) is 71.6 Å². The van der Waals surface area contributed by atoms with Gasteiger partial charge in [0.1, 0.15) is 0 Å². The number of carbonyl (C=O) groups is 2. The zero-order valence-electron chi connectivity index (χ0n) is 16.4. The summed E-state index contributed by atoms with van der Waals surface area (Å²) in [7, 11) is -3.78. The molecule has 0 atom stereocenters. The smallest absolute Gasteiger partial charge is 0.255 e. The minimum atomic E-state index is -3.78. The van der Waals surface area contributed by atoms with Gasteiger partial charge in [-0.2, -0.15) is 0 Å². The summed E-state index contributed by atoms with van der Waals surface area (Å²) >= 11 is 0. The Morgan fingerprint density at radius 3 is 2.03 bits per heavy atom. The van der Waals surface area contributed by atoms with Crippen LogP contribution in [-0.2, 0) is 16.6 Å². The third kappa shape index (κ3) is 5.59. The van der Waals surface area contributed by atoms with Crippen molar-refractivity contribution in [2.24, 2.45) is 0 Å². The van der Waals surface area contributed by atoms with Crippen LogP contribution in [0.25, 0.3) is 0 Å². The van der Waals surface area contributed by atoms with Crippen LogP contribution in [0.3, 0.4) is 0 Å². The third-order valence-electron chi connectivity index (χ3n) is 4.43. The van der Waals surface area contributed by atoms with Gasteiger partial charge in [-0.15, -0.1) is 0 Å². The van der Waals surface area contributed by atoms with Gasteiger partial charge >= 0.3 is 0 Å². The van der Waals surface area contributed by atoms with Gasteiger partial charge in [-0.05, 0) is 48.9 Å². The van der Waals surface area contributed by atoms with Crippen LogP contribution >= 0.6 is 0 Å². The van der Waals surface area contributed by atoms with Crippen LogP contribution in [0.2, 0.25) is 0 Å². The van der Waals surface area contributed by atoms with Gasteiger partial charge in [0, 0.05) is 29.4 Å². The Balaban J connectivity index is 1.62. The highest BCUT2D eigenvalue weighted by atomic mass is 32.2. The van der Waals surface area contributed by atoms with Gasteiger partial charge in [0.05, 0.1) is 4.90 Å². The van der Waals surface area contributed by atoms with E-state index in [0.29, 0.717) is 11.1 Å². The fraction of sp³-hybridized carbons (Fsp3) is 0.0909. The first-order valence-electron chi connectivity index (χ1n) is 9.12. The number of hydrogen-bond acceptors (Lipinski definition) is 4. The van der Waals surface area contributed by atoms with Gasteiger partial charge in [-0.1, -0.05) is 24.3 Å². The predicted molar refractivity (Wildman–Crippen MR) is 111 cm³/mol. The Hall–Kier alpha value is -3.43. The molecule has 1 amide bonds. The van der Waals surface area contributed by atoms with E-state index in [0.717, 1.165) is 12.1 Å². The molecule has 31 heavy (non-hydrogen) atoms. The molecule has 0 radical (unpaired) electrons. The van der Waals surface area contributed by atoms with E-state index in [1.165, 1.54) is 49.4 Å². The van der Waals surface area contributed by atoms with Crippen molar-refractivity contribution in [3.05, 3.63) is 95.1 Å². The SMILES string of the molecule is CC(=O)c1ccc(S(=O)(=O)NCc2ccc(C(=O)Nc3ccc(F)c(F)c3)cc2)cc1. The molecule has 6 nitrogen and oxygen atoms in total. The number of halogens is 2. The summed E-state index contributed by atoms with van der Waals surface area (Å²) in [5.41, 5.74) is 1.39. The molecule has 0 spiro atoms. The van der Waals surface area contributed by atoms with Gasteiger partial charge in [0.25, 0.3) is 5.91 Å². The summed E-state index contributed by atoms with van der Waals surface area (Å²) in [6, 6.07) is 14.7. The van der Waals surface area contributed by atoms with E-state index in [-0.39, 0.29) is 28.5 Å². The number of sulfonamides is 1. The number of nitrogens with one attached hydrogen (secondary N) is 2. The molecule has 0 aliphatic carbocycles. The molecule has 9 heteroatoms. The third-order valence-corrected chi connectivity index (χ3v) is 5.85. The van der Waals surface area contributed by atoms with Gasteiger partial charge in [-0.25, -0.2) is 21.9 Å². The summed E-state index contributed by atoms with van der Waals surface area (Å²) in [6.45, 7) is 1.38. The van der Waals surface area contributed by atoms with Gasteiger partial charge < -0.3 is 5.32 Å². The molecule has 0 bridgehead atoms. The Morgan fingerprint density at radius 1 is 0.839 bits per heavy atom. The second-order valence-corrected chi connectivity index (χ2v) is 8.45. The monoisotopic (exact) mass is 444 g/mol. The van der Waals surface area contributed by atoms with Crippen LogP contribution < -0.4 is 10.0 Å². The first kappa shape index (κ1) is 22.3. The van der Waals surface area contributed by atoms with E-state index < -0.39 is 27.6 Å². The first-order chi connectivity index (χ1) is 14.7. The summed E-state index contributed by atoms with van der Waals surface area (Å²) in [5, 5.41) is 2.45. The summed E-state index contributed by atoms with van der Waals surface area (Å²) in [5.74, 6) is -2.77. The Kier molecular flexibility index (Phi) is 6.57. The van der Waals surface area contributed by atoms with E-state index in [9.17, 15) is 26.8 Å². The molecule has 0 heterocycles. The molecule has 3 rings (SSSR count). The Morgan fingerprint density at radius 2 is 1.45 bits per heavy atom. The maximum absolute atomic E-state index is 13.2. The highest BCUT2D eigenvalue weighted by Gasteiger charge is 2.14. The van der Waals surface area contributed by atoms with Crippen molar-refractivity contribution in [1.82, 2.24) is 4.72 Å². The highest BCUT2D eigenvalue weighted by molar-refractivity contribution is 7.89. The van der Waals surface area contributed by atoms with Crippen molar-refractivity contribution in [3.8, 4) is 0 Å². The number of anilines is 1. The van der Waals surface area contributed by atoms with Crippen LogP contribution in [0, 0.1) is 11.6 Å². The number of Topliss-reactive ketones (excluding diaryl/α,β-unsaturated/α-hetero) is 1. The van der Waals surface area contributed by atoms with Crippen molar-refractivity contribution in [2.75, 3.05) is 5.32 Å². The summed E-state index contributed by atoms with van der Waals surface area (Å²) in [4.78, 5) is 23.6. The molecular weight excluding hydrogens is 426 g/mol. The number of rotatable bonds is 7. The minimum Gasteiger partial charge on any atom is -0.322 e. The lowest BCUT2D eigenvalue weighted by molar-refractivity contribution is 0.101. The zero-order chi connectivity index (χ0) is 22.6. The zero-order valence-corrected chi connectivity index (χ0v) is 17.2. The molecule has 0 saturated carbocycles. The Labute approximate surface area is 178 Å². The number of amides is 1. The topological polar surface area (TPSA) is 92.3 Å². The predicted octanol–water partition coefficient (Wildman–Crippen LogP) is 3.90. The molecule has 160 valence electrons. The molecule has 2 N–H and O–H groups in total. The Bertz CT molecular complexity index is 1230.